The molecule has 0 aliphatic heterocycles. The summed E-state index contributed by atoms with van der Waals surface area (Å²) in [7, 11) is 4.88. The van der Waals surface area contributed by atoms with Crippen LogP contribution < -0.4 is 4.74 Å². The van der Waals surface area contributed by atoms with E-state index in [1.807, 2.05) is 0 Å². The third-order valence-corrected chi connectivity index (χ3v) is 4.92. The number of aromatic nitrogens is 5. The van der Waals surface area contributed by atoms with Crippen LogP contribution >= 0.6 is 0 Å². The summed E-state index contributed by atoms with van der Waals surface area (Å²) in [6.45, 7) is -0.919. The van der Waals surface area contributed by atoms with Crippen molar-refractivity contribution in [3.8, 4) is 17.1 Å². The highest BCUT2D eigenvalue weighted by Gasteiger charge is 2.23. The minimum atomic E-state index is -0.919. The lowest BCUT2D eigenvalue weighted by Gasteiger charge is -2.10. The number of carbonyl (C=O) groups is 2. The molecule has 0 aliphatic rings. The largest absolute Gasteiger partial charge is 0.463 e. The number of rotatable bonds is 7. The monoisotopic (exact) mass is 436 g/mol. The van der Waals surface area contributed by atoms with Crippen molar-refractivity contribution >= 4 is 17.3 Å². The van der Waals surface area contributed by atoms with Crippen LogP contribution in [0.15, 0.2) is 48.8 Å². The number of hydrogen-bond acceptors (Lipinski definition) is 6. The molecule has 0 spiro atoms. The SMILES string of the molecule is CN(C)C(=O)c1cnn(C)c1C(=O)Cc1ccn2nc(-c3cccc(OCF)c3)nc2c1. The smallest absolute Gasteiger partial charge is 0.257 e. The van der Waals surface area contributed by atoms with Crippen LogP contribution in [0.5, 0.6) is 5.75 Å². The van der Waals surface area contributed by atoms with Crippen LogP contribution in [-0.4, -0.2) is 61.9 Å². The molecule has 1 aromatic carbocycles. The molecular formula is C22H21FN6O3. The molecule has 10 heteroatoms. The molecule has 0 aliphatic carbocycles. The second kappa shape index (κ2) is 8.58. The molecule has 3 heterocycles. The van der Waals surface area contributed by atoms with Gasteiger partial charge in [0.05, 0.1) is 11.8 Å². The quantitative estimate of drug-likeness (QED) is 0.413. The summed E-state index contributed by atoms with van der Waals surface area (Å²) >= 11 is 0. The van der Waals surface area contributed by atoms with E-state index < -0.39 is 6.86 Å². The Morgan fingerprint density at radius 2 is 2.00 bits per heavy atom. The van der Waals surface area contributed by atoms with Gasteiger partial charge in [-0.2, -0.15) is 5.10 Å². The van der Waals surface area contributed by atoms with Gasteiger partial charge in [0.2, 0.25) is 6.86 Å². The standard InChI is InChI=1S/C22H21FN6O3/c1-27(2)22(31)17-12-24-28(3)20(17)18(30)9-14-7-8-29-19(10-14)25-21(26-29)15-5-4-6-16(11-15)32-13-23/h4-8,10-12H,9,13H2,1-3H3. The van der Waals surface area contributed by atoms with E-state index in [9.17, 15) is 14.0 Å². The average Bonchev–Trinajstić information content (AvgIpc) is 3.36. The molecule has 0 fully saturated rings. The molecule has 3 aromatic heterocycles. The first-order valence-electron chi connectivity index (χ1n) is 9.78. The number of amides is 1. The predicted molar refractivity (Wildman–Crippen MR) is 114 cm³/mol. The molecule has 164 valence electrons. The van der Waals surface area contributed by atoms with Crippen molar-refractivity contribution in [3.05, 3.63) is 65.6 Å². The van der Waals surface area contributed by atoms with Gasteiger partial charge in [-0.15, -0.1) is 5.10 Å². The zero-order chi connectivity index (χ0) is 22.8. The molecule has 0 saturated carbocycles. The number of fused-ring (bicyclic) bond motifs is 1. The molecule has 0 atom stereocenters. The second-order valence-corrected chi connectivity index (χ2v) is 7.38. The van der Waals surface area contributed by atoms with E-state index in [0.29, 0.717) is 22.8 Å². The van der Waals surface area contributed by atoms with Gasteiger partial charge in [0.1, 0.15) is 11.4 Å². The summed E-state index contributed by atoms with van der Waals surface area (Å²) in [6.07, 6.45) is 3.20. The van der Waals surface area contributed by atoms with Gasteiger partial charge in [0, 0.05) is 39.3 Å². The lowest BCUT2D eigenvalue weighted by atomic mass is 10.0. The maximum absolute atomic E-state index is 13.0. The number of alkyl halides is 1. The summed E-state index contributed by atoms with van der Waals surface area (Å²) < 4.78 is 20.4. The lowest BCUT2D eigenvalue weighted by molar-refractivity contribution is 0.0819. The number of pyridine rings is 1. The van der Waals surface area contributed by atoms with Crippen LogP contribution in [-0.2, 0) is 13.5 Å². The molecular weight excluding hydrogens is 415 g/mol. The lowest BCUT2D eigenvalue weighted by Crippen LogP contribution is -2.24. The molecule has 4 aromatic rings. The summed E-state index contributed by atoms with van der Waals surface area (Å²) in [4.78, 5) is 31.3. The van der Waals surface area contributed by atoms with Crippen molar-refractivity contribution in [1.82, 2.24) is 29.3 Å². The zero-order valence-electron chi connectivity index (χ0n) is 17.8. The average molecular weight is 436 g/mol. The highest BCUT2D eigenvalue weighted by atomic mass is 19.1. The molecule has 0 N–H and O–H groups in total. The highest BCUT2D eigenvalue weighted by Crippen LogP contribution is 2.22. The van der Waals surface area contributed by atoms with Gasteiger partial charge in [0.25, 0.3) is 5.91 Å². The Kier molecular flexibility index (Phi) is 5.67. The maximum atomic E-state index is 13.0. The van der Waals surface area contributed by atoms with Crippen molar-refractivity contribution in [1.29, 1.82) is 0 Å². The first-order chi connectivity index (χ1) is 15.4. The Bertz CT molecular complexity index is 1310. The number of ketones is 1. The van der Waals surface area contributed by atoms with Crippen molar-refractivity contribution in [2.24, 2.45) is 7.05 Å². The zero-order valence-corrected chi connectivity index (χ0v) is 17.8. The van der Waals surface area contributed by atoms with Crippen molar-refractivity contribution in [2.45, 2.75) is 6.42 Å². The van der Waals surface area contributed by atoms with Crippen molar-refractivity contribution < 1.29 is 18.7 Å². The summed E-state index contributed by atoms with van der Waals surface area (Å²) in [5.74, 6) is 0.325. The molecule has 0 bridgehead atoms. The van der Waals surface area contributed by atoms with E-state index in [4.69, 9.17) is 4.74 Å². The number of nitrogens with zero attached hydrogens (tertiary/aromatic N) is 6. The van der Waals surface area contributed by atoms with E-state index in [-0.39, 0.29) is 29.4 Å². The summed E-state index contributed by atoms with van der Waals surface area (Å²) in [6, 6.07) is 10.4. The van der Waals surface area contributed by atoms with Crippen molar-refractivity contribution in [2.75, 3.05) is 21.0 Å². The molecule has 4 rings (SSSR count). The van der Waals surface area contributed by atoms with E-state index >= 15 is 0 Å². The number of halogens is 1. The number of aryl methyl sites for hydroxylation is 1. The Morgan fingerprint density at radius 1 is 1.19 bits per heavy atom. The molecule has 0 radical (unpaired) electrons. The van der Waals surface area contributed by atoms with E-state index in [0.717, 1.165) is 5.56 Å². The molecule has 9 nitrogen and oxygen atoms in total. The third-order valence-electron chi connectivity index (χ3n) is 4.92. The Labute approximate surface area is 183 Å². The minimum absolute atomic E-state index is 0.0752. The fraction of sp³-hybridized carbons (Fsp3) is 0.227. The van der Waals surface area contributed by atoms with E-state index in [2.05, 4.69) is 15.2 Å². The first kappa shape index (κ1) is 21.2. The van der Waals surface area contributed by atoms with Gasteiger partial charge in [-0.1, -0.05) is 12.1 Å². The number of carbonyl (C=O) groups excluding carboxylic acids is 2. The number of ether oxygens (including phenoxy) is 1. The van der Waals surface area contributed by atoms with Gasteiger partial charge in [-0.05, 0) is 29.8 Å². The Morgan fingerprint density at radius 3 is 2.75 bits per heavy atom. The molecule has 0 unspecified atom stereocenters. The number of Topliss-reactive ketones (excluding diaryl/α,β-unsaturated/α-hetero) is 1. The fourth-order valence-electron chi connectivity index (χ4n) is 3.38. The molecule has 32 heavy (non-hydrogen) atoms. The summed E-state index contributed by atoms with van der Waals surface area (Å²) in [5, 5.41) is 8.51. The van der Waals surface area contributed by atoms with Crippen LogP contribution in [0.4, 0.5) is 4.39 Å². The van der Waals surface area contributed by atoms with Crippen LogP contribution in [0.25, 0.3) is 17.0 Å². The van der Waals surface area contributed by atoms with E-state index in [1.54, 1.807) is 68.3 Å². The Hall–Kier alpha value is -4.08. The maximum Gasteiger partial charge on any atom is 0.257 e. The topological polar surface area (TPSA) is 94.6 Å². The van der Waals surface area contributed by atoms with Gasteiger partial charge in [-0.25, -0.2) is 13.9 Å². The van der Waals surface area contributed by atoms with Crippen LogP contribution in [0.3, 0.4) is 0 Å². The minimum Gasteiger partial charge on any atom is -0.463 e. The second-order valence-electron chi connectivity index (χ2n) is 7.38. The molecule has 1 amide bonds. The summed E-state index contributed by atoms with van der Waals surface area (Å²) in [5.41, 5.74) is 2.48. The predicted octanol–water partition coefficient (Wildman–Crippen LogP) is 2.56. The van der Waals surface area contributed by atoms with Gasteiger partial charge < -0.3 is 9.64 Å². The number of benzene rings is 1. The Balaban J connectivity index is 1.61. The van der Waals surface area contributed by atoms with Gasteiger partial charge >= 0.3 is 0 Å². The van der Waals surface area contributed by atoms with Crippen molar-refractivity contribution in [3.63, 3.8) is 0 Å². The van der Waals surface area contributed by atoms with Gasteiger partial charge in [-0.3, -0.25) is 14.3 Å². The third kappa shape index (κ3) is 4.07. The highest BCUT2D eigenvalue weighted by molar-refractivity contribution is 6.07. The van der Waals surface area contributed by atoms with Crippen LogP contribution in [0, 0.1) is 0 Å². The van der Waals surface area contributed by atoms with Gasteiger partial charge in [0.15, 0.2) is 17.3 Å². The fourth-order valence-corrected chi connectivity index (χ4v) is 3.38. The molecule has 0 saturated heterocycles. The normalized spacial score (nSPS) is 11.0. The van der Waals surface area contributed by atoms with Crippen LogP contribution in [0.1, 0.15) is 26.4 Å². The first-order valence-corrected chi connectivity index (χ1v) is 9.78. The number of hydrogen-bond donors (Lipinski definition) is 0. The van der Waals surface area contributed by atoms with E-state index in [1.165, 1.54) is 15.8 Å². The van der Waals surface area contributed by atoms with Crippen LogP contribution in [0.2, 0.25) is 0 Å².